The highest BCUT2D eigenvalue weighted by Crippen LogP contribution is 2.32. The van der Waals surface area contributed by atoms with Crippen LogP contribution in [0.15, 0.2) is 35.0 Å². The van der Waals surface area contributed by atoms with Crippen molar-refractivity contribution in [3.8, 4) is 11.4 Å². The molecule has 1 saturated heterocycles. The number of amides is 1. The molecule has 4 rings (SSSR count). The van der Waals surface area contributed by atoms with E-state index in [-0.39, 0.29) is 17.4 Å². The largest absolute Gasteiger partial charge is 0.339 e. The molecule has 0 radical (unpaired) electrons. The van der Waals surface area contributed by atoms with E-state index in [1.807, 2.05) is 6.92 Å². The van der Waals surface area contributed by atoms with Gasteiger partial charge in [-0.15, -0.1) is 0 Å². The van der Waals surface area contributed by atoms with Crippen molar-refractivity contribution in [2.45, 2.75) is 32.6 Å². The van der Waals surface area contributed by atoms with Crippen LogP contribution < -0.4 is 0 Å². The molecule has 2 aromatic heterocycles. The lowest BCUT2D eigenvalue weighted by Gasteiger charge is -2.33. The van der Waals surface area contributed by atoms with Gasteiger partial charge in [0.25, 0.3) is 5.91 Å². The normalized spacial score (nSPS) is 17.0. The van der Waals surface area contributed by atoms with Gasteiger partial charge < -0.3 is 9.42 Å². The van der Waals surface area contributed by atoms with E-state index in [0.717, 1.165) is 18.5 Å². The van der Waals surface area contributed by atoms with Crippen molar-refractivity contribution in [1.82, 2.24) is 25.0 Å². The standard InChI is InChI=1S/C20H20FN5O2/c1-12-22-10-16(19-24-13(2)28-25-19)18(23-12)14-6-5-9-26(11-14)20(27)15-7-3-4-8-17(15)21/h3-4,7-8,10,14H,5-6,9,11H2,1-2H3/t14-/m1/s1. The van der Waals surface area contributed by atoms with Gasteiger partial charge in [0.15, 0.2) is 0 Å². The lowest BCUT2D eigenvalue weighted by atomic mass is 9.91. The fourth-order valence-corrected chi connectivity index (χ4v) is 3.57. The van der Waals surface area contributed by atoms with Crippen molar-refractivity contribution >= 4 is 5.91 Å². The highest BCUT2D eigenvalue weighted by atomic mass is 19.1. The van der Waals surface area contributed by atoms with E-state index in [2.05, 4.69) is 20.1 Å². The lowest BCUT2D eigenvalue weighted by molar-refractivity contribution is 0.0701. The van der Waals surface area contributed by atoms with Crippen molar-refractivity contribution < 1.29 is 13.7 Å². The Morgan fingerprint density at radius 1 is 1.25 bits per heavy atom. The van der Waals surface area contributed by atoms with Gasteiger partial charge in [-0.25, -0.2) is 14.4 Å². The van der Waals surface area contributed by atoms with Crippen molar-refractivity contribution in [2.24, 2.45) is 0 Å². The van der Waals surface area contributed by atoms with Gasteiger partial charge in [-0.1, -0.05) is 17.3 Å². The van der Waals surface area contributed by atoms with Gasteiger partial charge in [-0.2, -0.15) is 4.98 Å². The van der Waals surface area contributed by atoms with Crippen LogP contribution in [0.5, 0.6) is 0 Å². The summed E-state index contributed by atoms with van der Waals surface area (Å²) < 4.78 is 19.2. The van der Waals surface area contributed by atoms with Crippen LogP contribution in [0.2, 0.25) is 0 Å². The number of carbonyl (C=O) groups is 1. The molecule has 3 heterocycles. The van der Waals surface area contributed by atoms with Crippen LogP contribution in [0.1, 0.15) is 46.5 Å². The summed E-state index contributed by atoms with van der Waals surface area (Å²) >= 11 is 0. The predicted octanol–water partition coefficient (Wildman–Crippen LogP) is 3.30. The zero-order chi connectivity index (χ0) is 19.7. The second kappa shape index (κ2) is 7.46. The monoisotopic (exact) mass is 381 g/mol. The first kappa shape index (κ1) is 18.2. The minimum atomic E-state index is -0.504. The van der Waals surface area contributed by atoms with Crippen LogP contribution in [0.25, 0.3) is 11.4 Å². The van der Waals surface area contributed by atoms with Crippen molar-refractivity contribution in [3.63, 3.8) is 0 Å². The van der Waals surface area contributed by atoms with Gasteiger partial charge in [-0.3, -0.25) is 4.79 Å². The third-order valence-corrected chi connectivity index (χ3v) is 4.91. The maximum absolute atomic E-state index is 14.1. The molecule has 1 aliphatic rings. The van der Waals surface area contributed by atoms with E-state index in [1.54, 1.807) is 30.2 Å². The Bertz CT molecular complexity index is 1020. The van der Waals surface area contributed by atoms with E-state index < -0.39 is 5.82 Å². The second-order valence-corrected chi connectivity index (χ2v) is 6.92. The van der Waals surface area contributed by atoms with Crippen LogP contribution in [0.4, 0.5) is 4.39 Å². The number of carbonyl (C=O) groups excluding carboxylic acids is 1. The molecule has 8 heteroatoms. The van der Waals surface area contributed by atoms with E-state index in [1.165, 1.54) is 12.1 Å². The molecule has 0 saturated carbocycles. The van der Waals surface area contributed by atoms with Crippen LogP contribution >= 0.6 is 0 Å². The Labute approximate surface area is 161 Å². The summed E-state index contributed by atoms with van der Waals surface area (Å²) in [6.45, 7) is 4.58. The van der Waals surface area contributed by atoms with Crippen LogP contribution in [0.3, 0.4) is 0 Å². The van der Waals surface area contributed by atoms with Gasteiger partial charge in [0.05, 0.1) is 16.8 Å². The molecule has 1 aromatic carbocycles. The molecule has 3 aromatic rings. The molecule has 144 valence electrons. The SMILES string of the molecule is Cc1ncc(-c2noc(C)n2)c([C@@H]2CCCN(C(=O)c3ccccc3F)C2)n1. The maximum Gasteiger partial charge on any atom is 0.256 e. The first-order valence-corrected chi connectivity index (χ1v) is 9.21. The molecule has 0 unspecified atom stereocenters. The molecule has 0 N–H and O–H groups in total. The highest BCUT2D eigenvalue weighted by Gasteiger charge is 2.30. The highest BCUT2D eigenvalue weighted by molar-refractivity contribution is 5.94. The summed E-state index contributed by atoms with van der Waals surface area (Å²) in [6.07, 6.45) is 3.36. The van der Waals surface area contributed by atoms with E-state index in [4.69, 9.17) is 4.52 Å². The van der Waals surface area contributed by atoms with Crippen LogP contribution in [0, 0.1) is 19.7 Å². The molecule has 1 fully saturated rings. The molecule has 1 amide bonds. The minimum Gasteiger partial charge on any atom is -0.339 e. The Kier molecular flexibility index (Phi) is 4.85. The number of hydrogen-bond acceptors (Lipinski definition) is 6. The zero-order valence-corrected chi connectivity index (χ0v) is 15.7. The first-order valence-electron chi connectivity index (χ1n) is 9.21. The minimum absolute atomic E-state index is 0.0139. The second-order valence-electron chi connectivity index (χ2n) is 6.92. The zero-order valence-electron chi connectivity index (χ0n) is 15.7. The molecule has 0 aliphatic carbocycles. The summed E-state index contributed by atoms with van der Waals surface area (Å²) in [4.78, 5) is 27.7. The fraction of sp³-hybridized carbons (Fsp3) is 0.350. The summed E-state index contributed by atoms with van der Waals surface area (Å²) in [6, 6.07) is 6.07. The van der Waals surface area contributed by atoms with Crippen LogP contribution in [-0.2, 0) is 0 Å². The van der Waals surface area contributed by atoms with Gasteiger partial charge in [0.1, 0.15) is 11.6 Å². The third kappa shape index (κ3) is 3.49. The molecular weight excluding hydrogens is 361 g/mol. The summed E-state index contributed by atoms with van der Waals surface area (Å²) in [5.41, 5.74) is 1.59. The summed E-state index contributed by atoms with van der Waals surface area (Å²) in [5, 5.41) is 3.99. The molecule has 1 aliphatic heterocycles. The Balaban J connectivity index is 1.64. The lowest BCUT2D eigenvalue weighted by Crippen LogP contribution is -2.39. The van der Waals surface area contributed by atoms with Crippen molar-refractivity contribution in [3.05, 3.63) is 59.3 Å². The molecule has 28 heavy (non-hydrogen) atoms. The van der Waals surface area contributed by atoms with Crippen LogP contribution in [-0.4, -0.2) is 44.0 Å². The molecule has 0 spiro atoms. The molecule has 0 bridgehead atoms. The Morgan fingerprint density at radius 3 is 2.82 bits per heavy atom. The molecule has 1 atom stereocenters. The number of aromatic nitrogens is 4. The van der Waals surface area contributed by atoms with Crippen molar-refractivity contribution in [2.75, 3.05) is 13.1 Å². The third-order valence-electron chi connectivity index (χ3n) is 4.91. The molecule has 7 nitrogen and oxygen atoms in total. The number of halogens is 1. The summed E-state index contributed by atoms with van der Waals surface area (Å²) in [5.74, 6) is 0.712. The quantitative estimate of drug-likeness (QED) is 0.692. The smallest absolute Gasteiger partial charge is 0.256 e. The first-order chi connectivity index (χ1) is 13.5. The van der Waals surface area contributed by atoms with Gasteiger partial charge in [0.2, 0.25) is 11.7 Å². The number of nitrogens with zero attached hydrogens (tertiary/aromatic N) is 5. The Morgan fingerprint density at radius 2 is 2.07 bits per heavy atom. The number of aryl methyl sites for hydroxylation is 2. The van der Waals surface area contributed by atoms with E-state index in [0.29, 0.717) is 36.2 Å². The van der Waals surface area contributed by atoms with E-state index in [9.17, 15) is 9.18 Å². The number of benzene rings is 1. The number of rotatable bonds is 3. The van der Waals surface area contributed by atoms with E-state index >= 15 is 0 Å². The number of likely N-dealkylation sites (tertiary alicyclic amines) is 1. The van der Waals surface area contributed by atoms with Gasteiger partial charge >= 0.3 is 0 Å². The number of hydrogen-bond donors (Lipinski definition) is 0. The average molecular weight is 381 g/mol. The van der Waals surface area contributed by atoms with Gasteiger partial charge in [-0.05, 0) is 31.9 Å². The fourth-order valence-electron chi connectivity index (χ4n) is 3.57. The summed E-state index contributed by atoms with van der Waals surface area (Å²) in [7, 11) is 0. The molecular formula is C20H20FN5O2. The maximum atomic E-state index is 14.1. The van der Waals surface area contributed by atoms with Crippen molar-refractivity contribution in [1.29, 1.82) is 0 Å². The Hall–Kier alpha value is -3.16. The topological polar surface area (TPSA) is 85.0 Å². The number of piperidine rings is 1. The predicted molar refractivity (Wildman–Crippen MR) is 99.1 cm³/mol. The van der Waals surface area contributed by atoms with Gasteiger partial charge in [0, 0.05) is 32.1 Å². The average Bonchev–Trinajstić information content (AvgIpc) is 3.14.